The first-order valence-electron chi connectivity index (χ1n) is 4.74. The Morgan fingerprint density at radius 1 is 1.44 bits per heavy atom. The average molecular weight is 222 g/mol. The normalized spacial score (nSPS) is 9.62. The van der Waals surface area contributed by atoms with Crippen LogP contribution >= 0.6 is 0 Å². The topological polar surface area (TPSA) is 44.8 Å². The highest BCUT2D eigenvalue weighted by atomic mass is 16.7. The Bertz CT molecular complexity index is 385. The summed E-state index contributed by atoms with van der Waals surface area (Å²) < 4.78 is 15.1. The molecule has 16 heavy (non-hydrogen) atoms. The van der Waals surface area contributed by atoms with Gasteiger partial charge in [0.15, 0.2) is 18.3 Å². The van der Waals surface area contributed by atoms with E-state index in [2.05, 4.69) is 6.58 Å². The summed E-state index contributed by atoms with van der Waals surface area (Å²) in [5.41, 5.74) is 0.848. The minimum Gasteiger partial charge on any atom is -0.464 e. The highest BCUT2D eigenvalue weighted by Crippen LogP contribution is 2.28. The van der Waals surface area contributed by atoms with E-state index >= 15 is 0 Å². The molecular weight excluding hydrogens is 208 g/mol. The van der Waals surface area contributed by atoms with Crippen molar-refractivity contribution in [2.24, 2.45) is 0 Å². The number of hydrogen-bond donors (Lipinski definition) is 0. The maximum Gasteiger partial charge on any atom is 0.308 e. The maximum absolute atomic E-state index is 10.9. The molecule has 4 nitrogen and oxygen atoms in total. The van der Waals surface area contributed by atoms with Crippen LogP contribution in [-0.2, 0) is 9.53 Å². The van der Waals surface area contributed by atoms with Crippen LogP contribution in [0.2, 0.25) is 0 Å². The number of benzene rings is 1. The SMILES string of the molecule is C=Cc1ccc(OCOC)c(OC(C)=O)c1. The van der Waals surface area contributed by atoms with Crippen LogP contribution in [0, 0.1) is 0 Å². The van der Waals surface area contributed by atoms with Crippen LogP contribution in [0.25, 0.3) is 6.08 Å². The lowest BCUT2D eigenvalue weighted by Crippen LogP contribution is -2.05. The van der Waals surface area contributed by atoms with Crippen molar-refractivity contribution < 1.29 is 19.0 Å². The summed E-state index contributed by atoms with van der Waals surface area (Å²) in [7, 11) is 1.52. The van der Waals surface area contributed by atoms with Gasteiger partial charge in [0, 0.05) is 14.0 Å². The minimum absolute atomic E-state index is 0.0989. The van der Waals surface area contributed by atoms with Gasteiger partial charge in [-0.05, 0) is 17.7 Å². The van der Waals surface area contributed by atoms with Gasteiger partial charge >= 0.3 is 5.97 Å². The zero-order valence-electron chi connectivity index (χ0n) is 9.36. The number of carbonyl (C=O) groups is 1. The van der Waals surface area contributed by atoms with Crippen molar-refractivity contribution in [2.45, 2.75) is 6.92 Å². The molecule has 1 rings (SSSR count). The van der Waals surface area contributed by atoms with E-state index in [-0.39, 0.29) is 6.79 Å². The summed E-state index contributed by atoms with van der Waals surface area (Å²) in [4.78, 5) is 10.9. The van der Waals surface area contributed by atoms with Gasteiger partial charge in [0.05, 0.1) is 0 Å². The van der Waals surface area contributed by atoms with Gasteiger partial charge in [0.2, 0.25) is 0 Å². The Labute approximate surface area is 94.4 Å². The molecule has 0 radical (unpaired) electrons. The van der Waals surface area contributed by atoms with E-state index < -0.39 is 5.97 Å². The van der Waals surface area contributed by atoms with Gasteiger partial charge in [0.25, 0.3) is 0 Å². The van der Waals surface area contributed by atoms with Crippen LogP contribution in [-0.4, -0.2) is 19.9 Å². The van der Waals surface area contributed by atoms with Gasteiger partial charge in [0.1, 0.15) is 0 Å². The standard InChI is InChI=1S/C12H14O4/c1-4-10-5-6-11(15-8-14-3)12(7-10)16-9(2)13/h4-7H,1,8H2,2-3H3. The van der Waals surface area contributed by atoms with Crippen LogP contribution < -0.4 is 9.47 Å². The third kappa shape index (κ3) is 3.40. The molecule has 4 heteroatoms. The van der Waals surface area contributed by atoms with Crippen LogP contribution in [0.15, 0.2) is 24.8 Å². The Balaban J connectivity index is 2.95. The number of ether oxygens (including phenoxy) is 3. The maximum atomic E-state index is 10.9. The van der Waals surface area contributed by atoms with E-state index in [1.165, 1.54) is 14.0 Å². The second kappa shape index (κ2) is 5.92. The molecular formula is C12H14O4. The minimum atomic E-state index is -0.400. The van der Waals surface area contributed by atoms with E-state index in [1.54, 1.807) is 18.2 Å². The first kappa shape index (κ1) is 12.3. The lowest BCUT2D eigenvalue weighted by molar-refractivity contribution is -0.132. The average Bonchev–Trinajstić information content (AvgIpc) is 2.26. The largest absolute Gasteiger partial charge is 0.464 e. The number of esters is 1. The number of hydrogen-bond acceptors (Lipinski definition) is 4. The van der Waals surface area contributed by atoms with Crippen LogP contribution in [0.3, 0.4) is 0 Å². The number of rotatable bonds is 5. The predicted octanol–water partition coefficient (Wildman–Crippen LogP) is 2.24. The monoisotopic (exact) mass is 222 g/mol. The Hall–Kier alpha value is -1.81. The Morgan fingerprint density at radius 3 is 2.75 bits per heavy atom. The van der Waals surface area contributed by atoms with Crippen molar-refractivity contribution in [1.82, 2.24) is 0 Å². The van der Waals surface area contributed by atoms with Gasteiger partial charge in [-0.2, -0.15) is 0 Å². The predicted molar refractivity (Wildman–Crippen MR) is 60.3 cm³/mol. The third-order valence-corrected chi connectivity index (χ3v) is 1.79. The number of carbonyl (C=O) groups excluding carboxylic acids is 1. The summed E-state index contributed by atoms with van der Waals surface area (Å²) in [6, 6.07) is 5.19. The Kier molecular flexibility index (Phi) is 4.54. The zero-order valence-corrected chi connectivity index (χ0v) is 9.36. The molecule has 0 bridgehead atoms. The van der Waals surface area contributed by atoms with Crippen molar-refractivity contribution in [1.29, 1.82) is 0 Å². The van der Waals surface area contributed by atoms with E-state index in [1.807, 2.05) is 6.07 Å². The highest BCUT2D eigenvalue weighted by Gasteiger charge is 2.08. The lowest BCUT2D eigenvalue weighted by Gasteiger charge is -2.10. The molecule has 0 aliphatic rings. The van der Waals surface area contributed by atoms with Gasteiger partial charge in [-0.25, -0.2) is 0 Å². The van der Waals surface area contributed by atoms with Gasteiger partial charge in [-0.3, -0.25) is 4.79 Å². The quantitative estimate of drug-likeness (QED) is 0.435. The molecule has 0 aliphatic heterocycles. The molecule has 0 aliphatic carbocycles. The molecule has 1 aromatic rings. The summed E-state index contributed by atoms with van der Waals surface area (Å²) in [6.45, 7) is 5.07. The van der Waals surface area contributed by atoms with Crippen molar-refractivity contribution in [3.63, 3.8) is 0 Å². The first-order valence-corrected chi connectivity index (χ1v) is 4.74. The zero-order chi connectivity index (χ0) is 12.0. The molecule has 0 unspecified atom stereocenters. The summed E-state index contributed by atoms with van der Waals surface area (Å²) in [5.74, 6) is 0.424. The second-order valence-corrected chi connectivity index (χ2v) is 3.05. The third-order valence-electron chi connectivity index (χ3n) is 1.79. The molecule has 0 aromatic heterocycles. The molecule has 0 atom stereocenters. The lowest BCUT2D eigenvalue weighted by atomic mass is 10.2. The highest BCUT2D eigenvalue weighted by molar-refractivity contribution is 5.71. The summed E-state index contributed by atoms with van der Waals surface area (Å²) >= 11 is 0. The number of methoxy groups -OCH3 is 1. The summed E-state index contributed by atoms with van der Waals surface area (Å²) in [6.07, 6.45) is 1.66. The van der Waals surface area contributed by atoms with E-state index in [4.69, 9.17) is 14.2 Å². The van der Waals surface area contributed by atoms with Gasteiger partial charge in [-0.15, -0.1) is 0 Å². The van der Waals surface area contributed by atoms with E-state index in [0.29, 0.717) is 11.5 Å². The summed E-state index contributed by atoms with van der Waals surface area (Å²) in [5, 5.41) is 0. The van der Waals surface area contributed by atoms with Crippen LogP contribution in [0.5, 0.6) is 11.5 Å². The molecule has 0 fully saturated rings. The fourth-order valence-electron chi connectivity index (χ4n) is 1.13. The van der Waals surface area contributed by atoms with E-state index in [9.17, 15) is 4.79 Å². The van der Waals surface area contributed by atoms with Gasteiger partial charge in [-0.1, -0.05) is 18.7 Å². The molecule has 86 valence electrons. The fourth-order valence-corrected chi connectivity index (χ4v) is 1.13. The van der Waals surface area contributed by atoms with Crippen molar-refractivity contribution >= 4 is 12.0 Å². The second-order valence-electron chi connectivity index (χ2n) is 3.05. The molecule has 0 heterocycles. The molecule has 0 saturated carbocycles. The fraction of sp³-hybridized carbons (Fsp3) is 0.250. The van der Waals surface area contributed by atoms with Crippen LogP contribution in [0.1, 0.15) is 12.5 Å². The van der Waals surface area contributed by atoms with Crippen LogP contribution in [0.4, 0.5) is 0 Å². The smallest absolute Gasteiger partial charge is 0.308 e. The molecule has 0 saturated heterocycles. The molecule has 0 N–H and O–H groups in total. The van der Waals surface area contributed by atoms with E-state index in [0.717, 1.165) is 5.56 Å². The Morgan fingerprint density at radius 2 is 2.19 bits per heavy atom. The van der Waals surface area contributed by atoms with Crippen molar-refractivity contribution in [2.75, 3.05) is 13.9 Å². The molecule has 1 aromatic carbocycles. The molecule has 0 amide bonds. The van der Waals surface area contributed by atoms with Crippen molar-refractivity contribution in [3.8, 4) is 11.5 Å². The van der Waals surface area contributed by atoms with Gasteiger partial charge < -0.3 is 14.2 Å². The molecule has 0 spiro atoms. The van der Waals surface area contributed by atoms with Crippen molar-refractivity contribution in [3.05, 3.63) is 30.3 Å². The first-order chi connectivity index (χ1) is 7.67.